The van der Waals surface area contributed by atoms with Crippen LogP contribution in [-0.2, 0) is 0 Å². The zero-order chi connectivity index (χ0) is 36.0. The predicted molar refractivity (Wildman–Crippen MR) is 226 cm³/mol. The van der Waals surface area contributed by atoms with Gasteiger partial charge < -0.3 is 4.42 Å². The molecule has 0 radical (unpaired) electrons. The van der Waals surface area contributed by atoms with Crippen LogP contribution < -0.4 is 0 Å². The molecule has 55 heavy (non-hydrogen) atoms. The molecule has 6 nitrogen and oxygen atoms in total. The van der Waals surface area contributed by atoms with Gasteiger partial charge in [0.05, 0.1) is 11.0 Å². The summed E-state index contributed by atoms with van der Waals surface area (Å²) >= 11 is 1.84. The minimum absolute atomic E-state index is 0.541. The maximum atomic E-state index is 6.28. The number of hydrogen-bond acceptors (Lipinski definition) is 6. The molecule has 0 aliphatic rings. The number of hydrogen-bond donors (Lipinski definition) is 0. The van der Waals surface area contributed by atoms with E-state index in [-0.39, 0.29) is 0 Å². The number of aromatic nitrogens is 5. The molecule has 7 heteroatoms. The van der Waals surface area contributed by atoms with Crippen LogP contribution in [0, 0.1) is 0 Å². The van der Waals surface area contributed by atoms with Gasteiger partial charge in [0.25, 0.3) is 0 Å². The molecule has 12 rings (SSSR count). The fourth-order valence-corrected chi connectivity index (χ4v) is 9.32. The summed E-state index contributed by atoms with van der Waals surface area (Å²) in [4.78, 5) is 20.2. The molecule has 0 N–H and O–H groups in total. The van der Waals surface area contributed by atoms with Crippen molar-refractivity contribution in [3.63, 3.8) is 0 Å². The number of pyridine rings is 1. The Bertz CT molecular complexity index is 3520. The Labute approximate surface area is 317 Å². The second-order valence-corrected chi connectivity index (χ2v) is 15.0. The number of fused-ring (bicyclic) bond motifs is 10. The molecule has 0 spiro atoms. The van der Waals surface area contributed by atoms with E-state index in [1.54, 1.807) is 6.20 Å². The smallest absolute Gasteiger partial charge is 0.238 e. The van der Waals surface area contributed by atoms with E-state index in [9.17, 15) is 0 Å². The Morgan fingerprint density at radius 2 is 1.22 bits per heavy atom. The molecule has 0 bridgehead atoms. The normalized spacial score (nSPS) is 12.0. The first-order chi connectivity index (χ1) is 27.2. The summed E-state index contributed by atoms with van der Waals surface area (Å²) in [5.41, 5.74) is 7.62. The number of rotatable bonds is 4. The van der Waals surface area contributed by atoms with Gasteiger partial charge in [-0.2, -0.15) is 9.97 Å². The summed E-state index contributed by atoms with van der Waals surface area (Å²) in [6.45, 7) is 0. The van der Waals surface area contributed by atoms with Crippen LogP contribution in [0.4, 0.5) is 0 Å². The molecule has 7 aromatic carbocycles. The lowest BCUT2D eigenvalue weighted by Crippen LogP contribution is -2.06. The molecule has 0 unspecified atom stereocenters. The van der Waals surface area contributed by atoms with Gasteiger partial charge >= 0.3 is 0 Å². The van der Waals surface area contributed by atoms with Crippen molar-refractivity contribution in [3.8, 4) is 39.9 Å². The van der Waals surface area contributed by atoms with E-state index < -0.39 is 0 Å². The van der Waals surface area contributed by atoms with Crippen LogP contribution in [0.5, 0.6) is 0 Å². The SMILES string of the molecule is c1ccc2cc(-c3nc(-c4cccc5oc6ccncc6c45)nc(-n4c5ccccc5c5ccc(-c6ccc7c(c6)sc6ccccc67)cc54)n3)ccc2c1. The van der Waals surface area contributed by atoms with Crippen LogP contribution in [-0.4, -0.2) is 24.5 Å². The van der Waals surface area contributed by atoms with E-state index >= 15 is 0 Å². The second kappa shape index (κ2) is 11.6. The van der Waals surface area contributed by atoms with E-state index in [4.69, 9.17) is 19.4 Å². The predicted octanol–water partition coefficient (Wildman–Crippen LogP) is 12.8. The van der Waals surface area contributed by atoms with Gasteiger partial charge in [-0.15, -0.1) is 11.3 Å². The molecule has 0 amide bonds. The quantitative estimate of drug-likeness (QED) is 0.181. The van der Waals surface area contributed by atoms with Gasteiger partial charge in [-0.05, 0) is 64.4 Å². The Hall–Kier alpha value is -7.22. The van der Waals surface area contributed by atoms with Crippen molar-refractivity contribution < 1.29 is 4.42 Å². The number of furan rings is 1. The Kier molecular flexibility index (Phi) is 6.40. The van der Waals surface area contributed by atoms with Crippen molar-refractivity contribution in [2.75, 3.05) is 0 Å². The lowest BCUT2D eigenvalue weighted by Gasteiger charge is -2.12. The average Bonchev–Trinajstić information content (AvgIpc) is 3.92. The molecular weight excluding hydrogens is 695 g/mol. The van der Waals surface area contributed by atoms with Gasteiger partial charge in [0, 0.05) is 65.2 Å². The van der Waals surface area contributed by atoms with Gasteiger partial charge in [0.15, 0.2) is 11.6 Å². The monoisotopic (exact) mass is 721 g/mol. The van der Waals surface area contributed by atoms with E-state index in [1.807, 2.05) is 35.7 Å². The lowest BCUT2D eigenvalue weighted by atomic mass is 10.0. The zero-order valence-electron chi connectivity index (χ0n) is 29.1. The Balaban J connectivity index is 1.13. The molecule has 0 atom stereocenters. The van der Waals surface area contributed by atoms with E-state index in [0.29, 0.717) is 17.6 Å². The van der Waals surface area contributed by atoms with Crippen LogP contribution >= 0.6 is 11.3 Å². The van der Waals surface area contributed by atoms with Crippen molar-refractivity contribution in [2.45, 2.75) is 0 Å². The van der Waals surface area contributed by atoms with Gasteiger partial charge in [-0.1, -0.05) is 109 Å². The molecule has 5 heterocycles. The van der Waals surface area contributed by atoms with Crippen LogP contribution in [0.25, 0.3) is 115 Å². The fraction of sp³-hybridized carbons (Fsp3) is 0. The Morgan fingerprint density at radius 3 is 2.16 bits per heavy atom. The third-order valence-electron chi connectivity index (χ3n) is 10.8. The van der Waals surface area contributed by atoms with Crippen molar-refractivity contribution in [2.24, 2.45) is 0 Å². The van der Waals surface area contributed by atoms with Crippen molar-refractivity contribution in [1.82, 2.24) is 24.5 Å². The van der Waals surface area contributed by atoms with Gasteiger partial charge in [-0.25, -0.2) is 4.98 Å². The molecule has 0 fully saturated rings. The standard InChI is InChI=1S/C48H27N5OS/c1-2-9-29-24-32(17-16-28(29)8-1)46-50-47(37-12-7-14-42-45(37)38-27-49-23-22-41(38)54-42)52-48(51-46)53-39-13-5-3-10-33(39)34-20-18-30(25-40(34)53)31-19-21-36-35-11-4-6-15-43(35)55-44(36)26-31/h1-27H. The highest BCUT2D eigenvalue weighted by Crippen LogP contribution is 2.40. The molecule has 0 aliphatic carbocycles. The zero-order valence-corrected chi connectivity index (χ0v) is 30.0. The summed E-state index contributed by atoms with van der Waals surface area (Å²) in [5.74, 6) is 1.69. The van der Waals surface area contributed by atoms with Crippen LogP contribution in [0.15, 0.2) is 168 Å². The molecule has 0 aliphatic heterocycles. The van der Waals surface area contributed by atoms with Gasteiger partial charge in [0.2, 0.25) is 5.95 Å². The first-order valence-corrected chi connectivity index (χ1v) is 19.0. The minimum Gasteiger partial charge on any atom is -0.456 e. The first kappa shape index (κ1) is 30.3. The van der Waals surface area contributed by atoms with Crippen molar-refractivity contribution in [1.29, 1.82) is 0 Å². The molecule has 0 saturated heterocycles. The van der Waals surface area contributed by atoms with E-state index in [1.165, 1.54) is 20.2 Å². The van der Waals surface area contributed by atoms with Crippen molar-refractivity contribution in [3.05, 3.63) is 164 Å². The molecular formula is C48H27N5OS. The highest BCUT2D eigenvalue weighted by Gasteiger charge is 2.21. The number of thiophene rings is 1. The molecule has 5 aromatic heterocycles. The van der Waals surface area contributed by atoms with Crippen LogP contribution in [0.1, 0.15) is 0 Å². The molecule has 0 saturated carbocycles. The lowest BCUT2D eigenvalue weighted by molar-refractivity contribution is 0.668. The highest BCUT2D eigenvalue weighted by molar-refractivity contribution is 7.25. The van der Waals surface area contributed by atoms with E-state index in [2.05, 4.69) is 143 Å². The highest BCUT2D eigenvalue weighted by atomic mass is 32.1. The summed E-state index contributed by atoms with van der Waals surface area (Å²) in [7, 11) is 0. The largest absolute Gasteiger partial charge is 0.456 e. The van der Waals surface area contributed by atoms with Crippen LogP contribution in [0.2, 0.25) is 0 Å². The fourth-order valence-electron chi connectivity index (χ4n) is 8.17. The molecule has 256 valence electrons. The average molecular weight is 722 g/mol. The summed E-state index contributed by atoms with van der Waals surface area (Å²) in [6, 6.07) is 53.3. The first-order valence-electron chi connectivity index (χ1n) is 18.2. The number of benzene rings is 7. The summed E-state index contributed by atoms with van der Waals surface area (Å²) in [6.07, 6.45) is 3.60. The van der Waals surface area contributed by atoms with Gasteiger partial charge in [-0.3, -0.25) is 9.55 Å². The summed E-state index contributed by atoms with van der Waals surface area (Å²) < 4.78 is 11.0. The second-order valence-electron chi connectivity index (χ2n) is 13.9. The molecule has 12 aromatic rings. The Morgan fingerprint density at radius 1 is 0.473 bits per heavy atom. The van der Waals surface area contributed by atoms with E-state index in [0.717, 1.165) is 76.8 Å². The van der Waals surface area contributed by atoms with Gasteiger partial charge in [0.1, 0.15) is 11.2 Å². The number of para-hydroxylation sites is 1. The maximum absolute atomic E-state index is 6.28. The summed E-state index contributed by atoms with van der Waals surface area (Å²) in [5, 5.41) is 8.97. The number of nitrogens with zero attached hydrogens (tertiary/aromatic N) is 5. The minimum atomic E-state index is 0.541. The van der Waals surface area contributed by atoms with Crippen LogP contribution in [0.3, 0.4) is 0 Å². The maximum Gasteiger partial charge on any atom is 0.238 e. The van der Waals surface area contributed by atoms with Crippen molar-refractivity contribution >= 4 is 86.0 Å². The third kappa shape index (κ3) is 4.67. The topological polar surface area (TPSA) is 69.6 Å². The third-order valence-corrected chi connectivity index (χ3v) is 11.9.